The van der Waals surface area contributed by atoms with Crippen molar-refractivity contribution in [1.29, 1.82) is 0 Å². The van der Waals surface area contributed by atoms with Gasteiger partial charge in [-0.1, -0.05) is 37.5 Å². The van der Waals surface area contributed by atoms with Gasteiger partial charge in [0, 0.05) is 16.6 Å². The highest BCUT2D eigenvalue weighted by molar-refractivity contribution is 7.85. The highest BCUT2D eigenvalue weighted by atomic mass is 32.2. The third-order valence-electron chi connectivity index (χ3n) is 4.23. The summed E-state index contributed by atoms with van der Waals surface area (Å²) in [5.74, 6) is -0.397. The Morgan fingerprint density at radius 1 is 1.17 bits per heavy atom. The van der Waals surface area contributed by atoms with Crippen molar-refractivity contribution in [2.24, 2.45) is 11.7 Å². The maximum atomic E-state index is 12.2. The molecule has 2 atom stereocenters. The van der Waals surface area contributed by atoms with Gasteiger partial charge in [-0.2, -0.15) is 0 Å². The lowest BCUT2D eigenvalue weighted by Crippen LogP contribution is -2.47. The Bertz CT molecular complexity index is 556. The van der Waals surface area contributed by atoms with Crippen LogP contribution in [0.5, 0.6) is 0 Å². The number of amides is 2. The van der Waals surface area contributed by atoms with Crippen LogP contribution < -0.4 is 11.1 Å². The van der Waals surface area contributed by atoms with Crippen molar-refractivity contribution >= 4 is 22.6 Å². The van der Waals surface area contributed by atoms with Gasteiger partial charge in [0.1, 0.15) is 6.04 Å². The van der Waals surface area contributed by atoms with E-state index in [-0.39, 0.29) is 18.2 Å². The molecule has 0 aromatic heterocycles. The first kappa shape index (κ1) is 17.7. The number of hydrogen-bond acceptors (Lipinski definition) is 3. The van der Waals surface area contributed by atoms with Crippen molar-refractivity contribution in [1.82, 2.24) is 5.32 Å². The van der Waals surface area contributed by atoms with E-state index in [4.69, 9.17) is 5.73 Å². The van der Waals surface area contributed by atoms with E-state index in [9.17, 15) is 13.8 Å². The van der Waals surface area contributed by atoms with Gasteiger partial charge in [0.25, 0.3) is 0 Å². The number of carbonyl (C=O) groups excluding carboxylic acids is 2. The first-order chi connectivity index (χ1) is 11.1. The molecule has 0 radical (unpaired) electrons. The fraction of sp³-hybridized carbons (Fsp3) is 0.529. The summed E-state index contributed by atoms with van der Waals surface area (Å²) in [7, 11) is -1.20. The second-order valence-electron chi connectivity index (χ2n) is 5.95. The lowest BCUT2D eigenvalue weighted by Gasteiger charge is -2.23. The van der Waals surface area contributed by atoms with Crippen LogP contribution in [0.15, 0.2) is 35.2 Å². The monoisotopic (exact) mass is 336 g/mol. The second-order valence-corrected chi connectivity index (χ2v) is 7.52. The number of benzene rings is 1. The van der Waals surface area contributed by atoms with E-state index in [0.717, 1.165) is 25.7 Å². The van der Waals surface area contributed by atoms with E-state index in [1.165, 1.54) is 6.42 Å². The highest BCUT2D eigenvalue weighted by Gasteiger charge is 2.25. The Morgan fingerprint density at radius 2 is 1.83 bits per heavy atom. The van der Waals surface area contributed by atoms with Crippen LogP contribution >= 0.6 is 0 Å². The molecule has 23 heavy (non-hydrogen) atoms. The third kappa shape index (κ3) is 5.46. The molecule has 0 spiro atoms. The van der Waals surface area contributed by atoms with Crippen molar-refractivity contribution in [3.8, 4) is 0 Å². The Balaban J connectivity index is 1.87. The number of primary amides is 1. The third-order valence-corrected chi connectivity index (χ3v) is 5.64. The number of nitrogens with one attached hydrogen (secondary N) is 1. The zero-order valence-electron chi connectivity index (χ0n) is 13.2. The predicted molar refractivity (Wildman–Crippen MR) is 90.0 cm³/mol. The molecule has 5 nitrogen and oxygen atoms in total. The fourth-order valence-electron chi connectivity index (χ4n) is 2.85. The minimum absolute atomic E-state index is 0.0229. The average molecular weight is 336 g/mol. The quantitative estimate of drug-likeness (QED) is 0.795. The van der Waals surface area contributed by atoms with Gasteiger partial charge in [-0.15, -0.1) is 0 Å². The SMILES string of the molecule is NC(=O)[C@H](CC[S@](=O)c1ccccc1)NC(=O)C1CCCCC1. The van der Waals surface area contributed by atoms with Gasteiger partial charge in [-0.05, 0) is 31.4 Å². The highest BCUT2D eigenvalue weighted by Crippen LogP contribution is 2.23. The average Bonchev–Trinajstić information content (AvgIpc) is 2.59. The molecule has 2 amide bonds. The van der Waals surface area contributed by atoms with Crippen molar-refractivity contribution < 1.29 is 13.8 Å². The van der Waals surface area contributed by atoms with Gasteiger partial charge in [-0.25, -0.2) is 0 Å². The van der Waals surface area contributed by atoms with Crippen LogP contribution in [0, 0.1) is 5.92 Å². The fourth-order valence-corrected chi connectivity index (χ4v) is 4.00. The molecule has 1 aromatic rings. The molecule has 1 saturated carbocycles. The maximum absolute atomic E-state index is 12.2. The summed E-state index contributed by atoms with van der Waals surface area (Å²) in [6.45, 7) is 0. The summed E-state index contributed by atoms with van der Waals surface area (Å²) in [6.07, 6.45) is 5.30. The van der Waals surface area contributed by atoms with Gasteiger partial charge in [0.2, 0.25) is 11.8 Å². The van der Waals surface area contributed by atoms with Crippen LogP contribution in [-0.2, 0) is 20.4 Å². The van der Waals surface area contributed by atoms with Crippen molar-refractivity contribution in [2.45, 2.75) is 49.5 Å². The molecule has 126 valence electrons. The van der Waals surface area contributed by atoms with Crippen molar-refractivity contribution in [3.05, 3.63) is 30.3 Å². The van der Waals surface area contributed by atoms with E-state index < -0.39 is 22.7 Å². The van der Waals surface area contributed by atoms with Gasteiger partial charge < -0.3 is 11.1 Å². The van der Waals surface area contributed by atoms with E-state index in [0.29, 0.717) is 10.6 Å². The van der Waals surface area contributed by atoms with E-state index in [1.807, 2.05) is 18.2 Å². The Labute approximate surface area is 139 Å². The van der Waals surface area contributed by atoms with Crippen LogP contribution in [0.4, 0.5) is 0 Å². The lowest BCUT2D eigenvalue weighted by atomic mass is 9.88. The lowest BCUT2D eigenvalue weighted by molar-refractivity contribution is -0.130. The molecular weight excluding hydrogens is 312 g/mol. The zero-order valence-corrected chi connectivity index (χ0v) is 14.0. The molecule has 0 aliphatic heterocycles. The summed E-state index contributed by atoms with van der Waals surface area (Å²) in [5, 5.41) is 2.75. The molecular formula is C17H24N2O3S. The topological polar surface area (TPSA) is 89.3 Å². The van der Waals surface area contributed by atoms with Crippen LogP contribution in [0.2, 0.25) is 0 Å². The summed E-state index contributed by atoms with van der Waals surface area (Å²) >= 11 is 0. The summed E-state index contributed by atoms with van der Waals surface area (Å²) in [6, 6.07) is 8.33. The van der Waals surface area contributed by atoms with Crippen LogP contribution in [0.3, 0.4) is 0 Å². The molecule has 1 aliphatic rings. The maximum Gasteiger partial charge on any atom is 0.240 e. The second kappa shape index (κ2) is 8.82. The predicted octanol–water partition coefficient (Wildman–Crippen LogP) is 1.73. The summed E-state index contributed by atoms with van der Waals surface area (Å²) < 4.78 is 12.2. The molecule has 1 aliphatic carbocycles. The Hall–Kier alpha value is -1.69. The summed E-state index contributed by atoms with van der Waals surface area (Å²) in [4.78, 5) is 24.5. The number of nitrogens with two attached hydrogens (primary N) is 1. The van der Waals surface area contributed by atoms with Crippen LogP contribution in [0.25, 0.3) is 0 Å². The van der Waals surface area contributed by atoms with Crippen LogP contribution in [-0.4, -0.2) is 27.8 Å². The normalized spacial score (nSPS) is 18.1. The molecule has 1 aromatic carbocycles. The van der Waals surface area contributed by atoms with Gasteiger partial charge in [0.05, 0.1) is 10.8 Å². The van der Waals surface area contributed by atoms with Gasteiger partial charge >= 0.3 is 0 Å². The number of rotatable bonds is 7. The molecule has 6 heteroatoms. The number of carbonyl (C=O) groups is 2. The van der Waals surface area contributed by atoms with Gasteiger partial charge in [0.15, 0.2) is 0 Å². The summed E-state index contributed by atoms with van der Waals surface area (Å²) in [5.41, 5.74) is 5.39. The Kier molecular flexibility index (Phi) is 6.77. The standard InChI is InChI=1S/C17H24N2O3S/c18-16(20)15(19-17(21)13-7-3-1-4-8-13)11-12-23(22)14-9-5-2-6-10-14/h2,5-6,9-10,13,15H,1,3-4,7-8,11-12H2,(H2,18,20)(H,19,21)/t15-,23-/m0/s1. The van der Waals surface area contributed by atoms with Crippen LogP contribution in [0.1, 0.15) is 38.5 Å². The largest absolute Gasteiger partial charge is 0.368 e. The van der Waals surface area contributed by atoms with Crippen molar-refractivity contribution in [2.75, 3.05) is 5.75 Å². The minimum Gasteiger partial charge on any atom is -0.368 e. The van der Waals surface area contributed by atoms with E-state index >= 15 is 0 Å². The minimum atomic E-state index is -1.20. The first-order valence-electron chi connectivity index (χ1n) is 8.11. The van der Waals surface area contributed by atoms with E-state index in [2.05, 4.69) is 5.32 Å². The molecule has 3 N–H and O–H groups in total. The van der Waals surface area contributed by atoms with Crippen molar-refractivity contribution in [3.63, 3.8) is 0 Å². The zero-order chi connectivity index (χ0) is 16.7. The molecule has 0 heterocycles. The molecule has 2 rings (SSSR count). The molecule has 1 fully saturated rings. The Morgan fingerprint density at radius 3 is 2.43 bits per heavy atom. The molecule has 0 bridgehead atoms. The molecule has 0 unspecified atom stereocenters. The van der Waals surface area contributed by atoms with E-state index in [1.54, 1.807) is 12.1 Å². The first-order valence-corrected chi connectivity index (χ1v) is 9.43. The smallest absolute Gasteiger partial charge is 0.240 e. The number of hydrogen-bond donors (Lipinski definition) is 2. The van der Waals surface area contributed by atoms with Gasteiger partial charge in [-0.3, -0.25) is 13.8 Å². The molecule has 0 saturated heterocycles.